The minimum Gasteiger partial charge on any atom is -0.326 e. The number of anilines is 1. The van der Waals surface area contributed by atoms with Crippen LogP contribution in [0.3, 0.4) is 0 Å². The lowest BCUT2D eigenvalue weighted by atomic mass is 10.1. The van der Waals surface area contributed by atoms with Gasteiger partial charge in [0, 0.05) is 29.7 Å². The molecule has 144 valence electrons. The van der Waals surface area contributed by atoms with Crippen molar-refractivity contribution in [1.82, 2.24) is 4.31 Å². The zero-order valence-electron chi connectivity index (χ0n) is 15.5. The molecule has 0 saturated heterocycles. The van der Waals surface area contributed by atoms with Crippen molar-refractivity contribution in [2.24, 2.45) is 5.92 Å². The van der Waals surface area contributed by atoms with Gasteiger partial charge in [0.05, 0.1) is 4.90 Å². The molecule has 0 spiro atoms. The van der Waals surface area contributed by atoms with Gasteiger partial charge in [0.2, 0.25) is 15.9 Å². The van der Waals surface area contributed by atoms with Gasteiger partial charge in [-0.25, -0.2) is 8.42 Å². The fourth-order valence-electron chi connectivity index (χ4n) is 2.99. The number of nitrogens with one attached hydrogen (secondary N) is 1. The number of hydrogen-bond donors (Lipinski definition) is 1. The van der Waals surface area contributed by atoms with E-state index < -0.39 is 10.0 Å². The molecule has 2 atom stereocenters. The van der Waals surface area contributed by atoms with Crippen LogP contribution in [-0.2, 0) is 14.8 Å². The van der Waals surface area contributed by atoms with Crippen molar-refractivity contribution in [2.45, 2.75) is 37.1 Å². The maximum Gasteiger partial charge on any atom is 0.243 e. The van der Waals surface area contributed by atoms with Crippen molar-refractivity contribution in [3.63, 3.8) is 0 Å². The molecule has 0 radical (unpaired) electrons. The van der Waals surface area contributed by atoms with Crippen molar-refractivity contribution in [2.75, 3.05) is 12.4 Å². The highest BCUT2D eigenvalue weighted by atomic mass is 35.5. The smallest absolute Gasteiger partial charge is 0.243 e. The Morgan fingerprint density at radius 1 is 1.15 bits per heavy atom. The van der Waals surface area contributed by atoms with Gasteiger partial charge in [0.25, 0.3) is 0 Å². The van der Waals surface area contributed by atoms with E-state index in [4.69, 9.17) is 11.6 Å². The van der Waals surface area contributed by atoms with Crippen molar-refractivity contribution in [3.8, 4) is 0 Å². The molecular formula is C20H23ClN2O3S. The van der Waals surface area contributed by atoms with Crippen LogP contribution < -0.4 is 5.32 Å². The van der Waals surface area contributed by atoms with Gasteiger partial charge < -0.3 is 5.32 Å². The van der Waals surface area contributed by atoms with Crippen LogP contribution in [0.25, 0.3) is 0 Å². The van der Waals surface area contributed by atoms with Crippen LogP contribution in [0, 0.1) is 5.92 Å². The minimum absolute atomic E-state index is 0.0742. The van der Waals surface area contributed by atoms with Gasteiger partial charge in [-0.15, -0.1) is 0 Å². The van der Waals surface area contributed by atoms with Crippen LogP contribution >= 0.6 is 11.6 Å². The molecule has 5 nitrogen and oxygen atoms in total. The average molecular weight is 407 g/mol. The standard InChI is InChI=1S/C20H23ClN2O3S/c1-13(2)23(3)27(25,26)15-10-8-14(9-11-15)22-20(24)18-12-17(18)16-6-4-5-7-19(16)21/h4-11,13,17-18H,12H2,1-3H3,(H,22,24). The van der Waals surface area contributed by atoms with E-state index >= 15 is 0 Å². The molecule has 2 aromatic rings. The Morgan fingerprint density at radius 3 is 2.37 bits per heavy atom. The van der Waals surface area contributed by atoms with Crippen LogP contribution in [0.5, 0.6) is 0 Å². The number of amides is 1. The highest BCUT2D eigenvalue weighted by molar-refractivity contribution is 7.89. The second-order valence-corrected chi connectivity index (χ2v) is 9.50. The van der Waals surface area contributed by atoms with Crippen LogP contribution in [-0.4, -0.2) is 31.7 Å². The summed E-state index contributed by atoms with van der Waals surface area (Å²) in [5.74, 6) is -0.0479. The van der Waals surface area contributed by atoms with Crippen molar-refractivity contribution in [3.05, 3.63) is 59.1 Å². The Kier molecular flexibility index (Phi) is 5.60. The predicted octanol–water partition coefficient (Wildman–Crippen LogP) is 4.11. The molecular weight excluding hydrogens is 384 g/mol. The topological polar surface area (TPSA) is 66.5 Å². The number of benzene rings is 2. The van der Waals surface area contributed by atoms with Crippen LogP contribution in [0.1, 0.15) is 31.7 Å². The molecule has 1 saturated carbocycles. The van der Waals surface area contributed by atoms with E-state index in [1.54, 1.807) is 19.2 Å². The molecule has 0 heterocycles. The largest absolute Gasteiger partial charge is 0.326 e. The van der Waals surface area contributed by atoms with E-state index in [9.17, 15) is 13.2 Å². The number of halogens is 1. The zero-order valence-corrected chi connectivity index (χ0v) is 17.1. The third-order valence-corrected chi connectivity index (χ3v) is 7.35. The molecule has 1 N–H and O–H groups in total. The Hall–Kier alpha value is -1.89. The van der Waals surface area contributed by atoms with Crippen LogP contribution in [0.2, 0.25) is 5.02 Å². The Morgan fingerprint density at radius 2 is 1.78 bits per heavy atom. The summed E-state index contributed by atoms with van der Waals surface area (Å²) < 4.78 is 26.3. The summed E-state index contributed by atoms with van der Waals surface area (Å²) in [6.45, 7) is 3.63. The SMILES string of the molecule is CC(C)N(C)S(=O)(=O)c1ccc(NC(=O)C2CC2c2ccccc2Cl)cc1. The second-order valence-electron chi connectivity index (χ2n) is 7.10. The van der Waals surface area contributed by atoms with Gasteiger partial charge in [-0.1, -0.05) is 29.8 Å². The second kappa shape index (κ2) is 7.62. The lowest BCUT2D eigenvalue weighted by Gasteiger charge is -2.21. The zero-order chi connectivity index (χ0) is 19.8. The normalized spacial score (nSPS) is 19.3. The summed E-state index contributed by atoms with van der Waals surface area (Å²) >= 11 is 6.20. The molecule has 2 unspecified atom stereocenters. The molecule has 0 aliphatic heterocycles. The van der Waals surface area contributed by atoms with Crippen LogP contribution in [0.4, 0.5) is 5.69 Å². The maximum atomic E-state index is 12.5. The molecule has 7 heteroatoms. The van der Waals surface area contributed by atoms with Gasteiger partial charge in [0.1, 0.15) is 0 Å². The number of rotatable bonds is 6. The van der Waals surface area contributed by atoms with E-state index in [-0.39, 0.29) is 28.7 Å². The summed E-state index contributed by atoms with van der Waals surface area (Å²) in [5, 5.41) is 3.55. The number of nitrogens with zero attached hydrogens (tertiary/aromatic N) is 1. The number of carbonyl (C=O) groups excluding carboxylic acids is 1. The fourth-order valence-corrected chi connectivity index (χ4v) is 4.64. The summed E-state index contributed by atoms with van der Waals surface area (Å²) in [4.78, 5) is 12.7. The number of sulfonamides is 1. The Bertz CT molecular complexity index is 942. The first-order valence-electron chi connectivity index (χ1n) is 8.85. The van der Waals surface area contributed by atoms with Crippen molar-refractivity contribution >= 4 is 33.2 Å². The summed E-state index contributed by atoms with van der Waals surface area (Å²) in [6, 6.07) is 13.7. The fraction of sp³-hybridized carbons (Fsp3) is 0.350. The molecule has 1 aliphatic rings. The van der Waals surface area contributed by atoms with E-state index in [2.05, 4.69) is 5.32 Å². The first-order chi connectivity index (χ1) is 12.7. The monoisotopic (exact) mass is 406 g/mol. The van der Waals surface area contributed by atoms with E-state index in [1.165, 1.54) is 16.4 Å². The van der Waals surface area contributed by atoms with Gasteiger partial charge in [-0.05, 0) is 62.1 Å². The van der Waals surface area contributed by atoms with Gasteiger partial charge >= 0.3 is 0 Å². The van der Waals surface area contributed by atoms with Crippen LogP contribution in [0.15, 0.2) is 53.4 Å². The highest BCUT2D eigenvalue weighted by Crippen LogP contribution is 2.50. The highest BCUT2D eigenvalue weighted by Gasteiger charge is 2.44. The third kappa shape index (κ3) is 4.18. The molecule has 1 fully saturated rings. The van der Waals surface area contributed by atoms with E-state index in [1.807, 2.05) is 38.1 Å². The molecule has 0 bridgehead atoms. The molecule has 27 heavy (non-hydrogen) atoms. The first-order valence-corrected chi connectivity index (χ1v) is 10.7. The Balaban J connectivity index is 1.66. The lowest BCUT2D eigenvalue weighted by molar-refractivity contribution is -0.117. The summed E-state index contributed by atoms with van der Waals surface area (Å²) in [5.41, 5.74) is 1.58. The van der Waals surface area contributed by atoms with Crippen molar-refractivity contribution < 1.29 is 13.2 Å². The maximum absolute atomic E-state index is 12.5. The number of hydrogen-bond acceptors (Lipinski definition) is 3. The Labute approximate surface area is 165 Å². The average Bonchev–Trinajstić information content (AvgIpc) is 3.42. The predicted molar refractivity (Wildman–Crippen MR) is 107 cm³/mol. The third-order valence-electron chi connectivity index (χ3n) is 4.96. The molecule has 2 aromatic carbocycles. The van der Waals surface area contributed by atoms with E-state index in [0.717, 1.165) is 12.0 Å². The summed E-state index contributed by atoms with van der Waals surface area (Å²) in [6.07, 6.45) is 0.765. The van der Waals surface area contributed by atoms with Gasteiger partial charge in [-0.3, -0.25) is 4.79 Å². The molecule has 1 aliphatic carbocycles. The van der Waals surface area contributed by atoms with Gasteiger partial charge in [-0.2, -0.15) is 4.31 Å². The minimum atomic E-state index is -3.53. The molecule has 0 aromatic heterocycles. The summed E-state index contributed by atoms with van der Waals surface area (Å²) in [7, 11) is -1.98. The van der Waals surface area contributed by atoms with Crippen molar-refractivity contribution in [1.29, 1.82) is 0 Å². The molecule has 3 rings (SSSR count). The quantitative estimate of drug-likeness (QED) is 0.784. The molecule has 1 amide bonds. The lowest BCUT2D eigenvalue weighted by Crippen LogP contribution is -2.33. The van der Waals surface area contributed by atoms with Gasteiger partial charge in [0.15, 0.2) is 0 Å². The van der Waals surface area contributed by atoms with E-state index in [0.29, 0.717) is 10.7 Å². The first kappa shape index (κ1) is 19.9. The number of carbonyl (C=O) groups is 1.